The van der Waals surface area contributed by atoms with Gasteiger partial charge in [0.05, 0.1) is 18.3 Å². The van der Waals surface area contributed by atoms with Gasteiger partial charge in [0.2, 0.25) is 23.6 Å². The summed E-state index contributed by atoms with van der Waals surface area (Å²) in [6, 6.07) is 0.768. The second-order valence-electron chi connectivity index (χ2n) is 8.44. The molecule has 1 aromatic carbocycles. The molecule has 0 fully saturated rings. The summed E-state index contributed by atoms with van der Waals surface area (Å²) in [5.41, 5.74) is 0.365. The van der Waals surface area contributed by atoms with Gasteiger partial charge in [-0.25, -0.2) is 0 Å². The van der Waals surface area contributed by atoms with E-state index in [0.29, 0.717) is 5.56 Å². The number of rotatable bonds is 13. The van der Waals surface area contributed by atoms with Crippen LogP contribution in [0.1, 0.15) is 45.7 Å². The van der Waals surface area contributed by atoms with Gasteiger partial charge in [-0.3, -0.25) is 28.8 Å². The monoisotopic (exact) mass is 526 g/mol. The number of hydrogen-bond donors (Lipinski definition) is 6. The average Bonchev–Trinajstić information content (AvgIpc) is 2.79. The first kappa shape index (κ1) is 30.4. The zero-order chi connectivity index (χ0) is 27.6. The SMILES string of the molecule is CC(=O)N[C@H](C(=O)NC(C(=O)N[C@@H](C)C(=O)N[C@@H](CC(=O)O)C(=O)CCl)C(C)C)c1ccc(O)cc1. The number of Topliss-reactive ketones (excluding diaryl/α,β-unsaturated/α-hetero) is 1. The highest BCUT2D eigenvalue weighted by Gasteiger charge is 2.32. The Morgan fingerprint density at radius 2 is 1.44 bits per heavy atom. The van der Waals surface area contributed by atoms with Gasteiger partial charge in [0.15, 0.2) is 5.78 Å². The molecule has 4 atom stereocenters. The maximum atomic E-state index is 13.0. The fourth-order valence-corrected chi connectivity index (χ4v) is 3.31. The van der Waals surface area contributed by atoms with Gasteiger partial charge in [-0.05, 0) is 30.5 Å². The molecule has 6 N–H and O–H groups in total. The molecule has 0 aliphatic carbocycles. The second-order valence-corrected chi connectivity index (χ2v) is 8.71. The lowest BCUT2D eigenvalue weighted by atomic mass is 10.0. The van der Waals surface area contributed by atoms with Crippen molar-refractivity contribution in [1.82, 2.24) is 21.3 Å². The minimum Gasteiger partial charge on any atom is -0.508 e. The van der Waals surface area contributed by atoms with E-state index in [1.165, 1.54) is 38.1 Å². The van der Waals surface area contributed by atoms with E-state index >= 15 is 0 Å². The number of phenols is 1. The first-order valence-electron chi connectivity index (χ1n) is 11.0. The van der Waals surface area contributed by atoms with Gasteiger partial charge in [0.1, 0.15) is 23.9 Å². The number of carbonyl (C=O) groups is 6. The highest BCUT2D eigenvalue weighted by atomic mass is 35.5. The topological polar surface area (TPSA) is 191 Å². The van der Waals surface area contributed by atoms with E-state index in [9.17, 15) is 33.9 Å². The van der Waals surface area contributed by atoms with Crippen LogP contribution >= 0.6 is 11.6 Å². The van der Waals surface area contributed by atoms with Crippen molar-refractivity contribution in [3.05, 3.63) is 29.8 Å². The van der Waals surface area contributed by atoms with Crippen molar-refractivity contribution in [3.8, 4) is 5.75 Å². The van der Waals surface area contributed by atoms with Gasteiger partial charge in [0.25, 0.3) is 0 Å². The highest BCUT2D eigenvalue weighted by molar-refractivity contribution is 6.28. The van der Waals surface area contributed by atoms with Crippen molar-refractivity contribution >= 4 is 47.0 Å². The molecular formula is C23H31ClN4O8. The molecule has 0 aliphatic rings. The summed E-state index contributed by atoms with van der Waals surface area (Å²) in [6.07, 6.45) is -0.676. The minimum absolute atomic E-state index is 0.0363. The molecular weight excluding hydrogens is 496 g/mol. The first-order chi connectivity index (χ1) is 16.8. The Hall–Kier alpha value is -3.67. The summed E-state index contributed by atoms with van der Waals surface area (Å²) in [7, 11) is 0. The Balaban J connectivity index is 2.97. The standard InChI is InChI=1S/C23H31ClN4O8/c1-11(2)19(28-23(36)20(26-13(4)29)14-5-7-15(30)8-6-14)22(35)25-12(3)21(34)27-16(9-18(32)33)17(31)10-24/h5-8,11-12,16,19-20,30H,9-10H2,1-4H3,(H,25,35)(H,26,29)(H,27,34)(H,28,36)(H,32,33)/t12-,16-,19?,20-/m0/s1. The van der Waals surface area contributed by atoms with Gasteiger partial charge in [0, 0.05) is 6.92 Å². The molecule has 0 aromatic heterocycles. The van der Waals surface area contributed by atoms with Crippen molar-refractivity contribution < 1.29 is 39.0 Å². The van der Waals surface area contributed by atoms with E-state index in [0.717, 1.165) is 0 Å². The fourth-order valence-electron chi connectivity index (χ4n) is 3.12. The third-order valence-corrected chi connectivity index (χ3v) is 5.31. The van der Waals surface area contributed by atoms with E-state index in [1.807, 2.05) is 0 Å². The van der Waals surface area contributed by atoms with Crippen LogP contribution in [0.4, 0.5) is 0 Å². The fraction of sp³-hybridized carbons (Fsp3) is 0.478. The predicted molar refractivity (Wildman–Crippen MR) is 129 cm³/mol. The minimum atomic E-state index is -1.36. The number of aromatic hydroxyl groups is 1. The van der Waals surface area contributed by atoms with E-state index in [4.69, 9.17) is 16.7 Å². The molecule has 0 spiro atoms. The number of ketones is 1. The Kier molecular flexibility index (Phi) is 11.8. The van der Waals surface area contributed by atoms with Gasteiger partial charge < -0.3 is 31.5 Å². The van der Waals surface area contributed by atoms with Crippen molar-refractivity contribution in [2.24, 2.45) is 5.92 Å². The number of carboxylic acids is 1. The molecule has 0 saturated heterocycles. The number of phenolic OH excluding ortho intramolecular Hbond substituents is 1. The second kappa shape index (κ2) is 14.0. The van der Waals surface area contributed by atoms with E-state index in [-0.39, 0.29) is 5.75 Å². The van der Waals surface area contributed by atoms with Crippen molar-refractivity contribution in [2.45, 2.75) is 58.3 Å². The molecule has 0 saturated carbocycles. The van der Waals surface area contributed by atoms with E-state index < -0.39 is 77.8 Å². The summed E-state index contributed by atoms with van der Waals surface area (Å²) in [5, 5.41) is 28.2. The molecule has 1 aromatic rings. The molecule has 36 heavy (non-hydrogen) atoms. The number of hydrogen-bond acceptors (Lipinski definition) is 7. The van der Waals surface area contributed by atoms with Gasteiger partial charge >= 0.3 is 5.97 Å². The van der Waals surface area contributed by atoms with Crippen LogP contribution in [0.2, 0.25) is 0 Å². The van der Waals surface area contributed by atoms with Crippen molar-refractivity contribution in [3.63, 3.8) is 0 Å². The van der Waals surface area contributed by atoms with Crippen LogP contribution in [0.25, 0.3) is 0 Å². The predicted octanol–water partition coefficient (Wildman–Crippen LogP) is -0.0177. The molecule has 12 nitrogen and oxygen atoms in total. The van der Waals surface area contributed by atoms with Gasteiger partial charge in [-0.2, -0.15) is 0 Å². The highest BCUT2D eigenvalue weighted by Crippen LogP contribution is 2.18. The quantitative estimate of drug-likeness (QED) is 0.193. The van der Waals surface area contributed by atoms with Crippen LogP contribution in [0.15, 0.2) is 24.3 Å². The van der Waals surface area contributed by atoms with E-state index in [1.54, 1.807) is 13.8 Å². The lowest BCUT2D eigenvalue weighted by Crippen LogP contribution is -2.57. The van der Waals surface area contributed by atoms with Crippen LogP contribution in [0, 0.1) is 5.92 Å². The van der Waals surface area contributed by atoms with Crippen molar-refractivity contribution in [2.75, 3.05) is 5.88 Å². The number of halogens is 1. The number of benzene rings is 1. The molecule has 0 radical (unpaired) electrons. The molecule has 0 bridgehead atoms. The maximum absolute atomic E-state index is 13.0. The summed E-state index contributed by atoms with van der Waals surface area (Å²) >= 11 is 5.47. The van der Waals surface area contributed by atoms with Crippen LogP contribution in [0.3, 0.4) is 0 Å². The molecule has 1 unspecified atom stereocenters. The Bertz CT molecular complexity index is 983. The first-order valence-corrected chi connectivity index (χ1v) is 11.6. The molecule has 0 aliphatic heterocycles. The van der Waals surface area contributed by atoms with Crippen molar-refractivity contribution in [1.29, 1.82) is 0 Å². The Labute approximate surface area is 213 Å². The third-order valence-electron chi connectivity index (χ3n) is 5.05. The summed E-state index contributed by atoms with van der Waals surface area (Å²) in [4.78, 5) is 72.9. The third kappa shape index (κ3) is 9.53. The van der Waals surface area contributed by atoms with Crippen LogP contribution < -0.4 is 21.3 Å². The molecule has 4 amide bonds. The van der Waals surface area contributed by atoms with Gasteiger partial charge in [-0.15, -0.1) is 11.6 Å². The zero-order valence-corrected chi connectivity index (χ0v) is 21.1. The zero-order valence-electron chi connectivity index (χ0n) is 20.3. The molecule has 0 heterocycles. The number of alkyl halides is 1. The molecule has 198 valence electrons. The maximum Gasteiger partial charge on any atom is 0.305 e. The number of aliphatic carboxylic acids is 1. The molecule has 1 rings (SSSR count). The largest absolute Gasteiger partial charge is 0.508 e. The Morgan fingerprint density at radius 3 is 1.92 bits per heavy atom. The van der Waals surface area contributed by atoms with Gasteiger partial charge in [-0.1, -0.05) is 26.0 Å². The average molecular weight is 527 g/mol. The summed E-state index contributed by atoms with van der Waals surface area (Å²) in [6.45, 7) is 5.86. The molecule has 13 heteroatoms. The Morgan fingerprint density at radius 1 is 0.861 bits per heavy atom. The number of carboxylic acid groups (broad SMARTS) is 1. The normalized spacial score (nSPS) is 14.1. The van der Waals surface area contributed by atoms with Crippen LogP contribution in [0.5, 0.6) is 5.75 Å². The lowest BCUT2D eigenvalue weighted by Gasteiger charge is -2.27. The van der Waals surface area contributed by atoms with E-state index in [2.05, 4.69) is 21.3 Å². The smallest absolute Gasteiger partial charge is 0.305 e. The number of amides is 4. The lowest BCUT2D eigenvalue weighted by molar-refractivity contribution is -0.140. The summed E-state index contributed by atoms with van der Waals surface area (Å²) in [5.74, 6) is -5.72. The number of carbonyl (C=O) groups excluding carboxylic acids is 5. The summed E-state index contributed by atoms with van der Waals surface area (Å²) < 4.78 is 0. The number of nitrogens with one attached hydrogen (secondary N) is 4. The van der Waals surface area contributed by atoms with Crippen LogP contribution in [-0.2, 0) is 28.8 Å². The van der Waals surface area contributed by atoms with Crippen LogP contribution in [-0.4, -0.2) is 69.6 Å².